The van der Waals surface area contributed by atoms with Crippen LogP contribution in [0.3, 0.4) is 0 Å². The van der Waals surface area contributed by atoms with Crippen LogP contribution >= 0.6 is 24.2 Å². The number of carbonyl (C=O) groups is 1. The van der Waals surface area contributed by atoms with Gasteiger partial charge in [-0.1, -0.05) is 6.92 Å². The van der Waals surface area contributed by atoms with E-state index in [0.29, 0.717) is 5.69 Å². The number of nitrogens with two attached hydrogens (primary N) is 1. The second-order valence-corrected chi connectivity index (χ2v) is 4.58. The smallest absolute Gasteiger partial charge is 0.307 e. The fourth-order valence-electron chi connectivity index (χ4n) is 1.23. The van der Waals surface area contributed by atoms with Gasteiger partial charge in [-0.15, -0.1) is 24.2 Å². The molecule has 0 saturated carbocycles. The summed E-state index contributed by atoms with van der Waals surface area (Å²) in [7, 11) is 1.35. The van der Waals surface area contributed by atoms with Gasteiger partial charge in [-0.25, -0.2) is 0 Å². The maximum Gasteiger partial charge on any atom is 0.307 e. The number of hydrogen-bond acceptors (Lipinski definition) is 5. The minimum Gasteiger partial charge on any atom is -0.469 e. The number of pyridine rings is 1. The molecule has 1 rings (SSSR count). The maximum atomic E-state index is 11.0. The van der Waals surface area contributed by atoms with Crippen molar-refractivity contribution in [2.24, 2.45) is 5.73 Å². The number of aromatic nitrogens is 1. The minimum atomic E-state index is -0.395. The van der Waals surface area contributed by atoms with Crippen LogP contribution in [0.4, 0.5) is 0 Å². The highest BCUT2D eigenvalue weighted by molar-refractivity contribution is 7.99. The van der Waals surface area contributed by atoms with Gasteiger partial charge in [0.2, 0.25) is 0 Å². The van der Waals surface area contributed by atoms with Crippen LogP contribution in [0.25, 0.3) is 0 Å². The highest BCUT2D eigenvalue weighted by atomic mass is 35.5. The van der Waals surface area contributed by atoms with Gasteiger partial charge in [0.05, 0.1) is 25.3 Å². The third-order valence-electron chi connectivity index (χ3n) is 2.06. The monoisotopic (exact) mass is 276 g/mol. The molecule has 17 heavy (non-hydrogen) atoms. The van der Waals surface area contributed by atoms with Crippen molar-refractivity contribution in [2.45, 2.75) is 24.3 Å². The lowest BCUT2D eigenvalue weighted by atomic mass is 10.1. The number of ether oxygens (including phenoxy) is 1. The molecule has 6 heteroatoms. The first-order valence-electron chi connectivity index (χ1n) is 5.08. The lowest BCUT2D eigenvalue weighted by Gasteiger charge is -2.09. The van der Waals surface area contributed by atoms with Gasteiger partial charge in [0.1, 0.15) is 0 Å². The van der Waals surface area contributed by atoms with E-state index in [4.69, 9.17) is 5.73 Å². The van der Waals surface area contributed by atoms with E-state index in [1.54, 1.807) is 18.0 Å². The molecular weight excluding hydrogens is 260 g/mol. The molecule has 4 nitrogen and oxygen atoms in total. The summed E-state index contributed by atoms with van der Waals surface area (Å²) in [5.41, 5.74) is 6.54. The first kappa shape index (κ1) is 16.2. The van der Waals surface area contributed by atoms with Crippen molar-refractivity contribution in [1.82, 2.24) is 4.98 Å². The third-order valence-corrected chi connectivity index (χ3v) is 2.93. The second kappa shape index (κ2) is 8.33. The molecule has 0 aromatic carbocycles. The summed E-state index contributed by atoms with van der Waals surface area (Å²) in [6.07, 6.45) is 1.93. The van der Waals surface area contributed by atoms with Gasteiger partial charge in [0.15, 0.2) is 0 Å². The summed E-state index contributed by atoms with van der Waals surface area (Å²) in [4.78, 5) is 16.4. The fourth-order valence-corrected chi connectivity index (χ4v) is 1.86. The van der Waals surface area contributed by atoms with E-state index in [1.165, 1.54) is 7.11 Å². The van der Waals surface area contributed by atoms with Crippen molar-refractivity contribution >= 4 is 30.1 Å². The van der Waals surface area contributed by atoms with Crippen LogP contribution in [0.2, 0.25) is 0 Å². The standard InChI is InChI=1S/C11H16N2O2S.ClH/c1-3-16-8-4-5-10(13-7-8)9(12)6-11(14)15-2;/h4-5,7,9H,3,6,12H2,1-2H3;1H. The Morgan fingerprint density at radius 1 is 1.59 bits per heavy atom. The van der Waals surface area contributed by atoms with Crippen molar-refractivity contribution in [2.75, 3.05) is 12.9 Å². The zero-order valence-electron chi connectivity index (χ0n) is 9.88. The molecule has 0 fully saturated rings. The Balaban J connectivity index is 0.00000256. The molecule has 0 aliphatic rings. The summed E-state index contributed by atoms with van der Waals surface area (Å²) in [6.45, 7) is 2.08. The molecule has 0 spiro atoms. The van der Waals surface area contributed by atoms with Gasteiger partial charge in [0.25, 0.3) is 0 Å². The maximum absolute atomic E-state index is 11.0. The summed E-state index contributed by atoms with van der Waals surface area (Å²) >= 11 is 1.72. The number of thioether (sulfide) groups is 1. The molecule has 1 unspecified atom stereocenters. The number of hydrogen-bond donors (Lipinski definition) is 1. The molecule has 0 bridgehead atoms. The van der Waals surface area contributed by atoms with Crippen LogP contribution in [0, 0.1) is 0 Å². The van der Waals surface area contributed by atoms with E-state index in [0.717, 1.165) is 10.6 Å². The molecule has 1 heterocycles. The SMILES string of the molecule is CCSc1ccc(C(N)CC(=O)OC)nc1.Cl. The summed E-state index contributed by atoms with van der Waals surface area (Å²) < 4.78 is 4.55. The lowest BCUT2D eigenvalue weighted by molar-refractivity contribution is -0.141. The molecule has 1 atom stereocenters. The number of nitrogens with zero attached hydrogens (tertiary/aromatic N) is 1. The van der Waals surface area contributed by atoms with Crippen molar-refractivity contribution in [3.05, 3.63) is 24.0 Å². The van der Waals surface area contributed by atoms with Crippen molar-refractivity contribution in [1.29, 1.82) is 0 Å². The summed E-state index contributed by atoms with van der Waals surface area (Å²) in [5, 5.41) is 0. The Kier molecular flexibility index (Phi) is 7.95. The molecular formula is C11H17ClN2O2S. The van der Waals surface area contributed by atoms with Gasteiger partial charge in [-0.3, -0.25) is 9.78 Å². The Morgan fingerprint density at radius 3 is 2.76 bits per heavy atom. The Bertz CT molecular complexity index is 346. The van der Waals surface area contributed by atoms with Crippen LogP contribution in [-0.2, 0) is 9.53 Å². The number of halogens is 1. The predicted octanol–water partition coefficient (Wildman–Crippen LogP) is 2.18. The Morgan fingerprint density at radius 2 is 2.29 bits per heavy atom. The topological polar surface area (TPSA) is 65.2 Å². The molecule has 1 aromatic heterocycles. The molecule has 2 N–H and O–H groups in total. The average Bonchev–Trinajstić information content (AvgIpc) is 2.30. The van der Waals surface area contributed by atoms with Gasteiger partial charge in [-0.2, -0.15) is 0 Å². The number of carbonyl (C=O) groups excluding carboxylic acids is 1. The largest absolute Gasteiger partial charge is 0.469 e. The van der Waals surface area contributed by atoms with E-state index >= 15 is 0 Å². The Hall–Kier alpha value is -0.780. The van der Waals surface area contributed by atoms with Crippen molar-refractivity contribution < 1.29 is 9.53 Å². The first-order valence-corrected chi connectivity index (χ1v) is 6.07. The summed E-state index contributed by atoms with van der Waals surface area (Å²) in [5.74, 6) is 0.691. The summed E-state index contributed by atoms with van der Waals surface area (Å²) in [6, 6.07) is 3.42. The first-order chi connectivity index (χ1) is 7.67. The van der Waals surface area contributed by atoms with Crippen LogP contribution in [0.1, 0.15) is 25.1 Å². The molecule has 1 aromatic rings. The van der Waals surface area contributed by atoms with E-state index in [-0.39, 0.29) is 24.8 Å². The molecule has 0 saturated heterocycles. The second-order valence-electron chi connectivity index (χ2n) is 3.24. The van der Waals surface area contributed by atoms with Crippen LogP contribution in [0.5, 0.6) is 0 Å². The van der Waals surface area contributed by atoms with Gasteiger partial charge >= 0.3 is 5.97 Å². The van der Waals surface area contributed by atoms with Crippen molar-refractivity contribution in [3.8, 4) is 0 Å². The zero-order valence-corrected chi connectivity index (χ0v) is 11.5. The molecule has 96 valence electrons. The minimum absolute atomic E-state index is 0. The highest BCUT2D eigenvalue weighted by Gasteiger charge is 2.12. The number of methoxy groups -OCH3 is 1. The van der Waals surface area contributed by atoms with Crippen molar-refractivity contribution in [3.63, 3.8) is 0 Å². The van der Waals surface area contributed by atoms with Crippen LogP contribution in [-0.4, -0.2) is 23.8 Å². The van der Waals surface area contributed by atoms with Gasteiger partial charge in [0, 0.05) is 11.1 Å². The third kappa shape index (κ3) is 5.39. The highest BCUT2D eigenvalue weighted by Crippen LogP contribution is 2.19. The number of esters is 1. The average molecular weight is 277 g/mol. The van der Waals surface area contributed by atoms with E-state index in [2.05, 4.69) is 16.6 Å². The quantitative estimate of drug-likeness (QED) is 0.660. The molecule has 0 aliphatic carbocycles. The molecule has 0 amide bonds. The van der Waals surface area contributed by atoms with Crippen LogP contribution in [0.15, 0.2) is 23.2 Å². The van der Waals surface area contributed by atoms with E-state index in [9.17, 15) is 4.79 Å². The Labute approximate surface area is 112 Å². The molecule has 0 aliphatic heterocycles. The lowest BCUT2D eigenvalue weighted by Crippen LogP contribution is -2.17. The van der Waals surface area contributed by atoms with E-state index < -0.39 is 6.04 Å². The van der Waals surface area contributed by atoms with Crippen LogP contribution < -0.4 is 5.73 Å². The van der Waals surface area contributed by atoms with Gasteiger partial charge < -0.3 is 10.5 Å². The molecule has 0 radical (unpaired) electrons. The predicted molar refractivity (Wildman–Crippen MR) is 71.4 cm³/mol. The normalized spacial score (nSPS) is 11.5. The van der Waals surface area contributed by atoms with Gasteiger partial charge in [-0.05, 0) is 17.9 Å². The van der Waals surface area contributed by atoms with E-state index in [1.807, 2.05) is 12.1 Å². The number of rotatable bonds is 5. The zero-order chi connectivity index (χ0) is 12.0. The fraction of sp³-hybridized carbons (Fsp3) is 0.455.